The summed E-state index contributed by atoms with van der Waals surface area (Å²) < 4.78 is 0. The van der Waals surface area contributed by atoms with E-state index in [1.807, 2.05) is 24.3 Å². The number of rotatable bonds is 4. The smallest absolute Gasteiger partial charge is 0.186 e. The summed E-state index contributed by atoms with van der Waals surface area (Å²) in [6.45, 7) is 4.15. The maximum Gasteiger partial charge on any atom is 0.186 e. The molecule has 18 heavy (non-hydrogen) atoms. The third-order valence-electron chi connectivity index (χ3n) is 3.19. The van der Waals surface area contributed by atoms with Crippen molar-refractivity contribution in [2.75, 3.05) is 0 Å². The molecule has 2 rings (SSSR count). The second kappa shape index (κ2) is 5.58. The van der Waals surface area contributed by atoms with Crippen molar-refractivity contribution in [3.63, 3.8) is 0 Å². The lowest BCUT2D eigenvalue weighted by Gasteiger charge is -2.04. The van der Waals surface area contributed by atoms with Gasteiger partial charge in [0.25, 0.3) is 0 Å². The largest absolute Gasteiger partial charge is 0.289 e. The van der Waals surface area contributed by atoms with E-state index < -0.39 is 0 Å². The highest BCUT2D eigenvalue weighted by Gasteiger charge is 2.08. The molecule has 0 N–H and O–H groups in total. The summed E-state index contributed by atoms with van der Waals surface area (Å²) >= 11 is 0. The minimum Gasteiger partial charge on any atom is -0.289 e. The van der Waals surface area contributed by atoms with Gasteiger partial charge in [-0.25, -0.2) is 0 Å². The first-order chi connectivity index (χ1) is 8.76. The molecule has 0 unspecified atom stereocenters. The maximum absolute atomic E-state index is 12.3. The van der Waals surface area contributed by atoms with Gasteiger partial charge < -0.3 is 0 Å². The van der Waals surface area contributed by atoms with Crippen LogP contribution in [0.2, 0.25) is 0 Å². The van der Waals surface area contributed by atoms with Crippen LogP contribution >= 0.6 is 0 Å². The second-order valence-corrected chi connectivity index (χ2v) is 4.28. The van der Waals surface area contributed by atoms with Crippen LogP contribution in [0, 0.1) is 0 Å². The van der Waals surface area contributed by atoms with Gasteiger partial charge in [-0.3, -0.25) is 9.78 Å². The lowest BCUT2D eigenvalue weighted by Crippen LogP contribution is -1.98. The highest BCUT2D eigenvalue weighted by molar-refractivity contribution is 6.13. The first kappa shape index (κ1) is 12.5. The molecule has 0 aliphatic heterocycles. The van der Waals surface area contributed by atoms with Gasteiger partial charge in [-0.05, 0) is 30.4 Å². The number of carbonyl (C=O) groups is 1. The van der Waals surface area contributed by atoms with Crippen molar-refractivity contribution >= 4 is 16.6 Å². The molecule has 1 heterocycles. The van der Waals surface area contributed by atoms with E-state index in [1.165, 1.54) is 5.57 Å². The molecule has 0 saturated heterocycles. The van der Waals surface area contributed by atoms with E-state index >= 15 is 0 Å². The molecule has 0 saturated carbocycles. The molecule has 0 fully saturated rings. The number of hydrogen-bond donors (Lipinski definition) is 0. The van der Waals surface area contributed by atoms with Crippen LogP contribution in [0.25, 0.3) is 10.8 Å². The minimum absolute atomic E-state index is 0.0762. The van der Waals surface area contributed by atoms with Gasteiger partial charge in [0.1, 0.15) is 0 Å². The molecular formula is C16H17NO. The van der Waals surface area contributed by atoms with Crippen molar-refractivity contribution in [2.45, 2.75) is 26.7 Å². The van der Waals surface area contributed by atoms with Crippen LogP contribution in [0.15, 0.2) is 48.3 Å². The molecule has 0 aliphatic rings. The van der Waals surface area contributed by atoms with E-state index in [2.05, 4.69) is 18.8 Å². The first-order valence-electron chi connectivity index (χ1n) is 6.32. The van der Waals surface area contributed by atoms with Crippen LogP contribution in [0.1, 0.15) is 37.0 Å². The molecule has 0 bridgehead atoms. The standard InChI is InChI=1S/C16H17NO/c1-3-12(4-2)10-16(18)14-7-5-6-13-8-9-17-11-15(13)14/h5-11H,3-4H2,1-2H3. The number of carbonyl (C=O) groups excluding carboxylic acids is 1. The fourth-order valence-corrected chi connectivity index (χ4v) is 2.05. The molecule has 0 atom stereocenters. The SMILES string of the molecule is CCC(=CC(=O)c1cccc2ccncc12)CC. The van der Waals surface area contributed by atoms with Crippen LogP contribution in [0.5, 0.6) is 0 Å². The van der Waals surface area contributed by atoms with Gasteiger partial charge in [-0.2, -0.15) is 0 Å². The monoisotopic (exact) mass is 239 g/mol. The Hall–Kier alpha value is -1.96. The van der Waals surface area contributed by atoms with Gasteiger partial charge in [0.15, 0.2) is 5.78 Å². The summed E-state index contributed by atoms with van der Waals surface area (Å²) in [6.07, 6.45) is 7.11. The predicted octanol–water partition coefficient (Wildman–Crippen LogP) is 4.16. The molecule has 1 aromatic carbocycles. The topological polar surface area (TPSA) is 30.0 Å². The number of aromatic nitrogens is 1. The van der Waals surface area contributed by atoms with E-state index in [4.69, 9.17) is 0 Å². The summed E-state index contributed by atoms with van der Waals surface area (Å²) in [5.74, 6) is 0.0762. The summed E-state index contributed by atoms with van der Waals surface area (Å²) in [4.78, 5) is 16.4. The Labute approximate surface area is 107 Å². The Morgan fingerprint density at radius 2 is 2.00 bits per heavy atom. The van der Waals surface area contributed by atoms with Crippen molar-refractivity contribution in [3.05, 3.63) is 53.9 Å². The van der Waals surface area contributed by atoms with Crippen LogP contribution < -0.4 is 0 Å². The number of nitrogens with zero attached hydrogens (tertiary/aromatic N) is 1. The Morgan fingerprint density at radius 1 is 1.22 bits per heavy atom. The lowest BCUT2D eigenvalue weighted by atomic mass is 10.0. The van der Waals surface area contributed by atoms with Crippen LogP contribution in [-0.2, 0) is 0 Å². The van der Waals surface area contributed by atoms with Gasteiger partial charge in [0.05, 0.1) is 0 Å². The highest BCUT2D eigenvalue weighted by atomic mass is 16.1. The van der Waals surface area contributed by atoms with Crippen molar-refractivity contribution in [2.24, 2.45) is 0 Å². The van der Waals surface area contributed by atoms with Crippen molar-refractivity contribution in [3.8, 4) is 0 Å². The van der Waals surface area contributed by atoms with Gasteiger partial charge >= 0.3 is 0 Å². The van der Waals surface area contributed by atoms with Crippen molar-refractivity contribution in [1.82, 2.24) is 4.98 Å². The highest BCUT2D eigenvalue weighted by Crippen LogP contribution is 2.19. The number of pyridine rings is 1. The molecule has 2 heteroatoms. The fraction of sp³-hybridized carbons (Fsp3) is 0.250. The zero-order valence-corrected chi connectivity index (χ0v) is 10.8. The molecular weight excluding hydrogens is 222 g/mol. The summed E-state index contributed by atoms with van der Waals surface area (Å²) in [5.41, 5.74) is 1.92. The Kier molecular flexibility index (Phi) is 3.88. The third kappa shape index (κ3) is 2.48. The molecule has 0 spiro atoms. The zero-order valence-electron chi connectivity index (χ0n) is 10.8. The van der Waals surface area contributed by atoms with E-state index in [1.54, 1.807) is 18.5 Å². The number of ketones is 1. The molecule has 2 aromatic rings. The average Bonchev–Trinajstić information content (AvgIpc) is 2.43. The number of hydrogen-bond acceptors (Lipinski definition) is 2. The molecule has 2 nitrogen and oxygen atoms in total. The van der Waals surface area contributed by atoms with Gasteiger partial charge in [0.2, 0.25) is 0 Å². The molecule has 0 amide bonds. The number of benzene rings is 1. The average molecular weight is 239 g/mol. The summed E-state index contributed by atoms with van der Waals surface area (Å²) in [7, 11) is 0. The van der Waals surface area contributed by atoms with Crippen LogP contribution in [-0.4, -0.2) is 10.8 Å². The Bertz CT molecular complexity index is 588. The van der Waals surface area contributed by atoms with Gasteiger partial charge in [-0.1, -0.05) is 37.6 Å². The maximum atomic E-state index is 12.3. The number of fused-ring (bicyclic) bond motifs is 1. The molecule has 0 radical (unpaired) electrons. The number of allylic oxidation sites excluding steroid dienone is 2. The zero-order chi connectivity index (χ0) is 13.0. The Balaban J connectivity index is 2.48. The summed E-state index contributed by atoms with van der Waals surface area (Å²) in [5, 5.41) is 1.98. The van der Waals surface area contributed by atoms with Crippen molar-refractivity contribution < 1.29 is 4.79 Å². The van der Waals surface area contributed by atoms with Crippen LogP contribution in [0.4, 0.5) is 0 Å². The predicted molar refractivity (Wildman–Crippen MR) is 74.7 cm³/mol. The fourth-order valence-electron chi connectivity index (χ4n) is 2.05. The van der Waals surface area contributed by atoms with Gasteiger partial charge in [-0.15, -0.1) is 0 Å². The van der Waals surface area contributed by atoms with E-state index in [0.717, 1.165) is 29.2 Å². The normalized spacial score (nSPS) is 10.3. The lowest BCUT2D eigenvalue weighted by molar-refractivity contribution is 0.104. The molecule has 0 aliphatic carbocycles. The van der Waals surface area contributed by atoms with E-state index in [0.29, 0.717) is 0 Å². The second-order valence-electron chi connectivity index (χ2n) is 4.28. The summed E-state index contributed by atoms with van der Waals surface area (Å²) in [6, 6.07) is 7.71. The van der Waals surface area contributed by atoms with Crippen LogP contribution in [0.3, 0.4) is 0 Å². The molecule has 92 valence electrons. The van der Waals surface area contributed by atoms with E-state index in [-0.39, 0.29) is 5.78 Å². The third-order valence-corrected chi connectivity index (χ3v) is 3.19. The molecule has 1 aromatic heterocycles. The Morgan fingerprint density at radius 3 is 2.72 bits per heavy atom. The minimum atomic E-state index is 0.0762. The van der Waals surface area contributed by atoms with Gasteiger partial charge in [0, 0.05) is 23.3 Å². The quantitative estimate of drug-likeness (QED) is 0.592. The first-order valence-corrected chi connectivity index (χ1v) is 6.32. The van der Waals surface area contributed by atoms with E-state index in [9.17, 15) is 4.79 Å². The van der Waals surface area contributed by atoms with Crippen molar-refractivity contribution in [1.29, 1.82) is 0 Å².